The number of aliphatic hydroxyl groups excluding tert-OH is 1. The van der Waals surface area contributed by atoms with E-state index in [1.807, 2.05) is 0 Å². The first-order valence-electron chi connectivity index (χ1n) is 6.27. The number of methoxy groups -OCH3 is 1. The molecular weight excluding hydrogens is 302 g/mol. The third-order valence-corrected chi connectivity index (χ3v) is 6.41. The van der Waals surface area contributed by atoms with E-state index < -0.39 is 16.0 Å². The van der Waals surface area contributed by atoms with Gasteiger partial charge in [0.25, 0.3) is 0 Å². The summed E-state index contributed by atoms with van der Waals surface area (Å²) < 4.78 is 31.1. The van der Waals surface area contributed by atoms with E-state index >= 15 is 0 Å². The Morgan fingerprint density at radius 2 is 2.15 bits per heavy atom. The molecule has 0 bridgehead atoms. The van der Waals surface area contributed by atoms with Crippen LogP contribution in [0.25, 0.3) is 0 Å². The molecule has 0 atom stereocenters. The molecule has 112 valence electrons. The second-order valence-corrected chi connectivity index (χ2v) is 7.46. The predicted octanol–water partition coefficient (Wildman–Crippen LogP) is 0.928. The van der Waals surface area contributed by atoms with E-state index in [0.29, 0.717) is 25.9 Å². The Morgan fingerprint density at radius 1 is 1.50 bits per heavy atom. The van der Waals surface area contributed by atoms with E-state index in [1.165, 1.54) is 17.5 Å². The lowest BCUT2D eigenvalue weighted by atomic mass is 10.00. The molecule has 0 saturated carbocycles. The molecule has 1 saturated heterocycles. The summed E-state index contributed by atoms with van der Waals surface area (Å²) in [4.78, 5) is 11.7. The van der Waals surface area contributed by atoms with Crippen molar-refractivity contribution in [3.63, 3.8) is 0 Å². The average Bonchev–Trinajstić information content (AvgIpc) is 2.96. The summed E-state index contributed by atoms with van der Waals surface area (Å²) in [5.74, 6) is -0.479. The fraction of sp³-hybridized carbons (Fsp3) is 0.583. The standard InChI is InChI=1S/C12H17NO5S2/c1-18-12(15)11-10(4-7-19-11)20(16,17)13-5-2-9(8-14)3-6-13/h4,7,9,14H,2-3,5-6,8H2,1H3. The number of ether oxygens (including phenoxy) is 1. The lowest BCUT2D eigenvalue weighted by Gasteiger charge is -2.30. The molecule has 0 aliphatic carbocycles. The Morgan fingerprint density at radius 3 is 2.70 bits per heavy atom. The second kappa shape index (κ2) is 6.21. The maximum atomic E-state index is 12.5. The SMILES string of the molecule is COC(=O)c1sccc1S(=O)(=O)N1CCC(CO)CC1. The van der Waals surface area contributed by atoms with Crippen molar-refractivity contribution < 1.29 is 23.1 Å². The molecule has 0 spiro atoms. The third-order valence-electron chi connectivity index (χ3n) is 3.45. The minimum Gasteiger partial charge on any atom is -0.465 e. The molecule has 0 aromatic carbocycles. The van der Waals surface area contributed by atoms with E-state index in [9.17, 15) is 13.2 Å². The zero-order valence-electron chi connectivity index (χ0n) is 11.1. The van der Waals surface area contributed by atoms with E-state index in [-0.39, 0.29) is 22.3 Å². The molecule has 1 aromatic heterocycles. The number of hydrogen-bond acceptors (Lipinski definition) is 6. The summed E-state index contributed by atoms with van der Waals surface area (Å²) in [6.07, 6.45) is 1.26. The van der Waals surface area contributed by atoms with E-state index in [2.05, 4.69) is 4.74 Å². The molecule has 20 heavy (non-hydrogen) atoms. The van der Waals surface area contributed by atoms with Gasteiger partial charge in [-0.15, -0.1) is 11.3 Å². The molecule has 6 nitrogen and oxygen atoms in total. The van der Waals surface area contributed by atoms with Crippen LogP contribution in [0.4, 0.5) is 0 Å². The first kappa shape index (κ1) is 15.4. The van der Waals surface area contributed by atoms with Gasteiger partial charge in [0.2, 0.25) is 10.0 Å². The third kappa shape index (κ3) is 2.88. The van der Waals surface area contributed by atoms with Crippen LogP contribution in [-0.2, 0) is 14.8 Å². The Labute approximate surface area is 122 Å². The van der Waals surface area contributed by atoms with Crippen molar-refractivity contribution in [3.8, 4) is 0 Å². The normalized spacial score (nSPS) is 18.1. The van der Waals surface area contributed by atoms with E-state index in [4.69, 9.17) is 5.11 Å². The van der Waals surface area contributed by atoms with Crippen LogP contribution in [0, 0.1) is 5.92 Å². The van der Waals surface area contributed by atoms with Gasteiger partial charge in [-0.3, -0.25) is 0 Å². The highest BCUT2D eigenvalue weighted by atomic mass is 32.2. The Kier molecular flexibility index (Phi) is 4.79. The van der Waals surface area contributed by atoms with Crippen LogP contribution in [0.2, 0.25) is 0 Å². The first-order valence-corrected chi connectivity index (χ1v) is 8.59. The van der Waals surface area contributed by atoms with Gasteiger partial charge in [0.15, 0.2) is 0 Å². The van der Waals surface area contributed by atoms with E-state index in [1.54, 1.807) is 5.38 Å². The van der Waals surface area contributed by atoms with Crippen molar-refractivity contribution in [1.82, 2.24) is 4.31 Å². The lowest BCUT2D eigenvalue weighted by molar-refractivity contribution is 0.0602. The van der Waals surface area contributed by atoms with Crippen molar-refractivity contribution in [2.24, 2.45) is 5.92 Å². The van der Waals surface area contributed by atoms with Gasteiger partial charge >= 0.3 is 5.97 Å². The zero-order valence-corrected chi connectivity index (χ0v) is 12.7. The van der Waals surface area contributed by atoms with Crippen molar-refractivity contribution in [2.45, 2.75) is 17.7 Å². The van der Waals surface area contributed by atoms with Crippen molar-refractivity contribution >= 4 is 27.3 Å². The molecule has 2 heterocycles. The number of nitrogens with zero attached hydrogens (tertiary/aromatic N) is 1. The van der Waals surface area contributed by atoms with Crippen molar-refractivity contribution in [1.29, 1.82) is 0 Å². The number of sulfonamides is 1. The Hall–Kier alpha value is -0.960. The maximum absolute atomic E-state index is 12.5. The molecule has 0 unspecified atom stereocenters. The van der Waals surface area contributed by atoms with Crippen LogP contribution in [0.1, 0.15) is 22.5 Å². The number of thiophene rings is 1. The zero-order chi connectivity index (χ0) is 14.8. The number of esters is 1. The van der Waals surface area contributed by atoms with Crippen molar-refractivity contribution in [3.05, 3.63) is 16.3 Å². The summed E-state index contributed by atoms with van der Waals surface area (Å²) >= 11 is 1.06. The van der Waals surface area contributed by atoms with Gasteiger partial charge in [-0.25, -0.2) is 13.2 Å². The summed E-state index contributed by atoms with van der Waals surface area (Å²) in [6, 6.07) is 1.43. The highest BCUT2D eigenvalue weighted by Gasteiger charge is 2.33. The van der Waals surface area contributed by atoms with Gasteiger partial charge in [0.1, 0.15) is 9.77 Å². The number of carbonyl (C=O) groups excluding carboxylic acids is 1. The fourth-order valence-electron chi connectivity index (χ4n) is 2.21. The molecule has 0 radical (unpaired) electrons. The van der Waals surface area contributed by atoms with Gasteiger partial charge < -0.3 is 9.84 Å². The number of carbonyl (C=O) groups is 1. The van der Waals surface area contributed by atoms with Crippen LogP contribution in [0.5, 0.6) is 0 Å². The average molecular weight is 319 g/mol. The molecule has 1 aliphatic rings. The molecule has 0 amide bonds. The summed E-state index contributed by atoms with van der Waals surface area (Å²) in [6.45, 7) is 0.813. The molecule has 1 aromatic rings. The molecular formula is C12H17NO5S2. The second-order valence-electron chi connectivity index (χ2n) is 4.64. The highest BCUT2D eigenvalue weighted by Crippen LogP contribution is 2.28. The minimum atomic E-state index is -3.67. The number of hydrogen-bond donors (Lipinski definition) is 1. The summed E-state index contributed by atoms with van der Waals surface area (Å²) in [5.41, 5.74) is 0. The fourth-order valence-corrected chi connectivity index (χ4v) is 4.99. The number of piperidine rings is 1. The van der Waals surface area contributed by atoms with Gasteiger partial charge in [-0.1, -0.05) is 0 Å². The number of rotatable bonds is 4. The Bertz CT molecular complexity index is 572. The van der Waals surface area contributed by atoms with Gasteiger partial charge in [-0.2, -0.15) is 4.31 Å². The quantitative estimate of drug-likeness (QED) is 0.835. The topological polar surface area (TPSA) is 83.9 Å². The minimum absolute atomic E-state index is 0.0109. The monoisotopic (exact) mass is 319 g/mol. The first-order chi connectivity index (χ1) is 9.50. The lowest BCUT2D eigenvalue weighted by Crippen LogP contribution is -2.39. The predicted molar refractivity (Wildman–Crippen MR) is 74.2 cm³/mol. The Balaban J connectivity index is 2.23. The summed E-state index contributed by atoms with van der Waals surface area (Å²) in [7, 11) is -2.45. The van der Waals surface area contributed by atoms with Crippen LogP contribution in [-0.4, -0.2) is 50.6 Å². The molecule has 1 N–H and O–H groups in total. The number of aliphatic hydroxyl groups is 1. The van der Waals surface area contributed by atoms with Gasteiger partial charge in [-0.05, 0) is 30.2 Å². The van der Waals surface area contributed by atoms with Crippen LogP contribution >= 0.6 is 11.3 Å². The van der Waals surface area contributed by atoms with Crippen molar-refractivity contribution in [2.75, 3.05) is 26.8 Å². The molecule has 8 heteroatoms. The molecule has 1 fully saturated rings. The molecule has 2 rings (SSSR count). The van der Waals surface area contributed by atoms with E-state index in [0.717, 1.165) is 11.3 Å². The molecule has 1 aliphatic heterocycles. The van der Waals surface area contributed by atoms with Crippen LogP contribution in [0.15, 0.2) is 16.3 Å². The van der Waals surface area contributed by atoms with Gasteiger partial charge in [0.05, 0.1) is 7.11 Å². The largest absolute Gasteiger partial charge is 0.465 e. The van der Waals surface area contributed by atoms with Crippen LogP contribution in [0.3, 0.4) is 0 Å². The summed E-state index contributed by atoms with van der Waals surface area (Å²) in [5, 5.41) is 10.7. The maximum Gasteiger partial charge on any atom is 0.349 e. The highest BCUT2D eigenvalue weighted by molar-refractivity contribution is 7.89. The van der Waals surface area contributed by atoms with Crippen LogP contribution < -0.4 is 0 Å². The smallest absolute Gasteiger partial charge is 0.349 e. The van der Waals surface area contributed by atoms with Gasteiger partial charge in [0, 0.05) is 19.7 Å².